The van der Waals surface area contributed by atoms with Crippen molar-refractivity contribution in [3.8, 4) is 0 Å². The molecule has 0 amide bonds. The third-order valence-electron chi connectivity index (χ3n) is 5.66. The fourth-order valence-electron chi connectivity index (χ4n) is 4.25. The predicted molar refractivity (Wildman–Crippen MR) is 90.7 cm³/mol. The molecular formula is C18H27NO3S. The molecular weight excluding hydrogens is 310 g/mol. The summed E-state index contributed by atoms with van der Waals surface area (Å²) in [5, 5.41) is 4.43. The topological polar surface area (TPSA) is 30.9 Å². The molecule has 3 saturated heterocycles. The van der Waals surface area contributed by atoms with Crippen LogP contribution in [0.5, 0.6) is 0 Å². The summed E-state index contributed by atoms with van der Waals surface area (Å²) in [6.07, 6.45) is 2.30. The summed E-state index contributed by atoms with van der Waals surface area (Å²) < 4.78 is 17.4. The highest BCUT2D eigenvalue weighted by Gasteiger charge is 2.50. The van der Waals surface area contributed by atoms with E-state index in [-0.39, 0.29) is 5.41 Å². The zero-order valence-electron chi connectivity index (χ0n) is 13.7. The van der Waals surface area contributed by atoms with E-state index in [1.807, 2.05) is 0 Å². The maximum absolute atomic E-state index is 6.19. The first-order chi connectivity index (χ1) is 11.3. The Hall–Kier alpha value is -0.460. The van der Waals surface area contributed by atoms with E-state index < -0.39 is 0 Å². The molecule has 0 spiro atoms. The van der Waals surface area contributed by atoms with Gasteiger partial charge >= 0.3 is 0 Å². The molecule has 128 valence electrons. The molecule has 0 unspecified atom stereocenters. The van der Waals surface area contributed by atoms with Crippen molar-refractivity contribution in [1.29, 1.82) is 0 Å². The van der Waals surface area contributed by atoms with Crippen LogP contribution in [0.2, 0.25) is 0 Å². The van der Waals surface area contributed by atoms with E-state index in [0.29, 0.717) is 11.8 Å². The van der Waals surface area contributed by atoms with E-state index in [4.69, 9.17) is 14.2 Å². The van der Waals surface area contributed by atoms with Crippen molar-refractivity contribution in [2.45, 2.75) is 19.4 Å². The third-order valence-corrected chi connectivity index (χ3v) is 6.39. The molecule has 0 saturated carbocycles. The van der Waals surface area contributed by atoms with E-state index in [9.17, 15) is 0 Å². The van der Waals surface area contributed by atoms with Crippen molar-refractivity contribution in [2.24, 2.45) is 17.3 Å². The second kappa shape index (κ2) is 7.19. The first-order valence-electron chi connectivity index (χ1n) is 8.81. The highest BCUT2D eigenvalue weighted by atomic mass is 32.1. The molecule has 0 N–H and O–H groups in total. The van der Waals surface area contributed by atoms with Crippen LogP contribution in [0.3, 0.4) is 0 Å². The average Bonchev–Trinajstić information content (AvgIpc) is 3.25. The molecule has 23 heavy (non-hydrogen) atoms. The molecule has 4 nitrogen and oxygen atoms in total. The van der Waals surface area contributed by atoms with Gasteiger partial charge in [0, 0.05) is 50.8 Å². The van der Waals surface area contributed by atoms with E-state index >= 15 is 0 Å². The first-order valence-corrected chi connectivity index (χ1v) is 9.75. The van der Waals surface area contributed by atoms with Gasteiger partial charge in [0.2, 0.25) is 0 Å². The second-order valence-electron chi connectivity index (χ2n) is 7.45. The molecule has 4 rings (SSSR count). The summed E-state index contributed by atoms with van der Waals surface area (Å²) in [7, 11) is 0. The standard InChI is InChI=1S/C18H27NO3S/c1-4-20-5-2-15(1)9-21-13-18-12-19(7-16-3-6-23-11-16)8-17(18)10-22-14-18/h3,6,11,15,17H,1-2,4-5,7-10,12-14H2/t17-,18-/m0/s1. The lowest BCUT2D eigenvalue weighted by atomic mass is 9.82. The van der Waals surface area contributed by atoms with Crippen molar-refractivity contribution in [3.63, 3.8) is 0 Å². The van der Waals surface area contributed by atoms with Crippen molar-refractivity contribution in [1.82, 2.24) is 4.90 Å². The Bertz CT molecular complexity index is 488. The molecule has 2 atom stereocenters. The number of rotatable bonds is 6. The van der Waals surface area contributed by atoms with Gasteiger partial charge in [-0.1, -0.05) is 0 Å². The zero-order valence-corrected chi connectivity index (χ0v) is 14.6. The highest BCUT2D eigenvalue weighted by Crippen LogP contribution is 2.42. The largest absolute Gasteiger partial charge is 0.381 e. The minimum absolute atomic E-state index is 0.223. The lowest BCUT2D eigenvalue weighted by molar-refractivity contribution is -0.0156. The van der Waals surface area contributed by atoms with Crippen molar-refractivity contribution in [3.05, 3.63) is 22.4 Å². The fourth-order valence-corrected chi connectivity index (χ4v) is 4.91. The lowest BCUT2D eigenvalue weighted by Gasteiger charge is -2.29. The molecule has 1 aromatic heterocycles. The van der Waals surface area contributed by atoms with Gasteiger partial charge in [0.25, 0.3) is 0 Å². The summed E-state index contributed by atoms with van der Waals surface area (Å²) in [4.78, 5) is 2.59. The molecule has 3 aliphatic rings. The average molecular weight is 337 g/mol. The zero-order chi connectivity index (χ0) is 15.5. The van der Waals surface area contributed by atoms with Crippen LogP contribution >= 0.6 is 11.3 Å². The molecule has 0 bridgehead atoms. The maximum atomic E-state index is 6.19. The number of fused-ring (bicyclic) bond motifs is 1. The van der Waals surface area contributed by atoms with Gasteiger partial charge in [-0.3, -0.25) is 4.90 Å². The van der Waals surface area contributed by atoms with Crippen LogP contribution in [-0.2, 0) is 20.8 Å². The van der Waals surface area contributed by atoms with E-state index in [0.717, 1.165) is 72.1 Å². The molecule has 0 aromatic carbocycles. The predicted octanol–water partition coefficient (Wildman–Crippen LogP) is 2.64. The normalized spacial score (nSPS) is 32.4. The van der Waals surface area contributed by atoms with Crippen LogP contribution in [-0.4, -0.2) is 57.6 Å². The van der Waals surface area contributed by atoms with Gasteiger partial charge in [-0.2, -0.15) is 11.3 Å². The number of thiophene rings is 1. The second-order valence-corrected chi connectivity index (χ2v) is 8.23. The van der Waals surface area contributed by atoms with Crippen LogP contribution in [0.4, 0.5) is 0 Å². The summed E-state index contributed by atoms with van der Waals surface area (Å²) in [5.41, 5.74) is 1.66. The van der Waals surface area contributed by atoms with Gasteiger partial charge in [-0.05, 0) is 41.1 Å². The fraction of sp³-hybridized carbons (Fsp3) is 0.778. The Labute approximate surface area is 142 Å². The van der Waals surface area contributed by atoms with Gasteiger partial charge in [0.15, 0.2) is 0 Å². The maximum Gasteiger partial charge on any atom is 0.0561 e. The number of hydrogen-bond donors (Lipinski definition) is 0. The van der Waals surface area contributed by atoms with Gasteiger partial charge in [-0.25, -0.2) is 0 Å². The van der Waals surface area contributed by atoms with E-state index in [1.54, 1.807) is 11.3 Å². The summed E-state index contributed by atoms with van der Waals surface area (Å²) in [5.74, 6) is 1.32. The smallest absolute Gasteiger partial charge is 0.0561 e. The Balaban J connectivity index is 1.30. The number of likely N-dealkylation sites (tertiary alicyclic amines) is 1. The minimum Gasteiger partial charge on any atom is -0.381 e. The molecule has 1 aromatic rings. The summed E-state index contributed by atoms with van der Waals surface area (Å²) in [6.45, 7) is 8.65. The Morgan fingerprint density at radius 2 is 2.22 bits per heavy atom. The Kier molecular flexibility index (Phi) is 5.02. The lowest BCUT2D eigenvalue weighted by Crippen LogP contribution is -2.36. The van der Waals surface area contributed by atoms with Gasteiger partial charge in [0.1, 0.15) is 0 Å². The van der Waals surface area contributed by atoms with Crippen LogP contribution < -0.4 is 0 Å². The SMILES string of the molecule is c1cc(CN2C[C@H]3COC[C@@]3(COCC3CCOCC3)C2)cs1. The first kappa shape index (κ1) is 16.0. The third kappa shape index (κ3) is 3.64. The summed E-state index contributed by atoms with van der Waals surface area (Å²) >= 11 is 1.79. The number of hydrogen-bond acceptors (Lipinski definition) is 5. The van der Waals surface area contributed by atoms with Crippen molar-refractivity contribution >= 4 is 11.3 Å². The van der Waals surface area contributed by atoms with Crippen LogP contribution in [0.25, 0.3) is 0 Å². The summed E-state index contributed by atoms with van der Waals surface area (Å²) in [6, 6.07) is 2.24. The quantitative estimate of drug-likeness (QED) is 0.798. The van der Waals surface area contributed by atoms with Gasteiger partial charge < -0.3 is 14.2 Å². The monoisotopic (exact) mass is 337 g/mol. The highest BCUT2D eigenvalue weighted by molar-refractivity contribution is 7.07. The molecule has 3 fully saturated rings. The molecule has 3 aliphatic heterocycles. The van der Waals surface area contributed by atoms with Crippen LogP contribution in [0.15, 0.2) is 16.8 Å². The van der Waals surface area contributed by atoms with Crippen molar-refractivity contribution < 1.29 is 14.2 Å². The van der Waals surface area contributed by atoms with E-state index in [1.165, 1.54) is 5.56 Å². The van der Waals surface area contributed by atoms with Crippen LogP contribution in [0, 0.1) is 17.3 Å². The number of ether oxygens (including phenoxy) is 3. The number of nitrogens with zero attached hydrogens (tertiary/aromatic N) is 1. The van der Waals surface area contributed by atoms with Gasteiger partial charge in [0.05, 0.1) is 19.8 Å². The van der Waals surface area contributed by atoms with Gasteiger partial charge in [-0.15, -0.1) is 0 Å². The Morgan fingerprint density at radius 1 is 1.30 bits per heavy atom. The molecule has 5 heteroatoms. The van der Waals surface area contributed by atoms with Crippen LogP contribution in [0.1, 0.15) is 18.4 Å². The minimum atomic E-state index is 0.223. The van der Waals surface area contributed by atoms with E-state index in [2.05, 4.69) is 21.7 Å². The molecule has 4 heterocycles. The Morgan fingerprint density at radius 3 is 3.04 bits per heavy atom. The molecule has 0 radical (unpaired) electrons. The van der Waals surface area contributed by atoms with Crippen molar-refractivity contribution in [2.75, 3.05) is 52.7 Å². The molecule has 0 aliphatic carbocycles.